The number of rotatable bonds is 6. The van der Waals surface area contributed by atoms with Crippen molar-refractivity contribution in [3.8, 4) is 0 Å². The van der Waals surface area contributed by atoms with E-state index in [1.807, 2.05) is 0 Å². The molecule has 1 aliphatic rings. The summed E-state index contributed by atoms with van der Waals surface area (Å²) in [5.74, 6) is 0. The van der Waals surface area contributed by atoms with E-state index in [2.05, 4.69) is 42.6 Å². The van der Waals surface area contributed by atoms with E-state index in [-0.39, 0.29) is 0 Å². The zero-order chi connectivity index (χ0) is 11.9. The fourth-order valence-corrected chi connectivity index (χ4v) is 2.37. The molecule has 0 amide bonds. The summed E-state index contributed by atoms with van der Waals surface area (Å²) < 4.78 is 5.63. The molecule has 1 aliphatic heterocycles. The summed E-state index contributed by atoms with van der Waals surface area (Å²) in [5, 5.41) is 2.44. The van der Waals surface area contributed by atoms with E-state index in [0.29, 0.717) is 12.1 Å². The number of aryl methyl sites for hydroxylation is 1. The third-order valence-electron chi connectivity index (χ3n) is 3.56. The molecule has 1 heterocycles. The van der Waals surface area contributed by atoms with Gasteiger partial charge in [-0.2, -0.15) is 0 Å². The molecule has 17 heavy (non-hydrogen) atoms. The lowest BCUT2D eigenvalue weighted by molar-refractivity contribution is -0.691. The van der Waals surface area contributed by atoms with Gasteiger partial charge in [0, 0.05) is 13.0 Å². The van der Waals surface area contributed by atoms with Crippen molar-refractivity contribution in [1.29, 1.82) is 0 Å². The van der Waals surface area contributed by atoms with Gasteiger partial charge in [-0.3, -0.25) is 0 Å². The Morgan fingerprint density at radius 3 is 2.88 bits per heavy atom. The maximum Gasteiger partial charge on any atom is 0.106 e. The van der Waals surface area contributed by atoms with Gasteiger partial charge in [0.1, 0.15) is 12.6 Å². The third-order valence-corrected chi connectivity index (χ3v) is 3.56. The van der Waals surface area contributed by atoms with Gasteiger partial charge in [0.25, 0.3) is 0 Å². The van der Waals surface area contributed by atoms with Crippen LogP contribution < -0.4 is 5.32 Å². The average Bonchev–Trinajstić information content (AvgIpc) is 2.88. The van der Waals surface area contributed by atoms with E-state index in [4.69, 9.17) is 4.74 Å². The maximum atomic E-state index is 5.63. The molecule has 1 saturated heterocycles. The predicted octanol–water partition coefficient (Wildman–Crippen LogP) is 1.75. The second-order valence-corrected chi connectivity index (χ2v) is 5.11. The van der Waals surface area contributed by atoms with Gasteiger partial charge in [0.15, 0.2) is 0 Å². The maximum absolute atomic E-state index is 5.63. The Bertz CT molecular complexity index is 306. The fourth-order valence-electron chi connectivity index (χ4n) is 2.37. The van der Waals surface area contributed by atoms with Crippen LogP contribution in [-0.4, -0.2) is 25.3 Å². The second kappa shape index (κ2) is 6.77. The minimum Gasteiger partial charge on any atom is -0.372 e. The van der Waals surface area contributed by atoms with Crippen LogP contribution in [0.25, 0.3) is 0 Å². The Morgan fingerprint density at radius 1 is 1.35 bits per heavy atom. The Morgan fingerprint density at radius 2 is 2.18 bits per heavy atom. The first kappa shape index (κ1) is 12.6. The van der Waals surface area contributed by atoms with Gasteiger partial charge in [-0.05, 0) is 31.7 Å². The van der Waals surface area contributed by atoms with Crippen molar-refractivity contribution in [2.45, 2.75) is 44.8 Å². The van der Waals surface area contributed by atoms with Gasteiger partial charge in [-0.15, -0.1) is 0 Å². The fraction of sp³-hybridized carbons (Fsp3) is 0.600. The highest BCUT2D eigenvalue weighted by molar-refractivity contribution is 5.14. The molecule has 2 N–H and O–H groups in total. The third kappa shape index (κ3) is 4.49. The Hall–Kier alpha value is -0.860. The summed E-state index contributed by atoms with van der Waals surface area (Å²) in [6, 6.07) is 11.4. The smallest absolute Gasteiger partial charge is 0.106 e. The number of hydrogen-bond acceptors (Lipinski definition) is 1. The molecule has 2 atom stereocenters. The molecule has 1 aromatic rings. The van der Waals surface area contributed by atoms with Gasteiger partial charge >= 0.3 is 0 Å². The van der Waals surface area contributed by atoms with Crippen LogP contribution in [0.1, 0.15) is 31.7 Å². The molecule has 2 rings (SSSR count). The van der Waals surface area contributed by atoms with Crippen molar-refractivity contribution in [2.24, 2.45) is 0 Å². The van der Waals surface area contributed by atoms with Crippen LogP contribution >= 0.6 is 0 Å². The number of ether oxygens (including phenoxy) is 1. The van der Waals surface area contributed by atoms with Crippen molar-refractivity contribution >= 4 is 0 Å². The van der Waals surface area contributed by atoms with E-state index in [1.165, 1.54) is 31.2 Å². The van der Waals surface area contributed by atoms with E-state index >= 15 is 0 Å². The summed E-state index contributed by atoms with van der Waals surface area (Å²) in [4.78, 5) is 0. The Balaban J connectivity index is 1.62. The summed E-state index contributed by atoms with van der Waals surface area (Å²) in [6.07, 6.45) is 5.44. The lowest BCUT2D eigenvalue weighted by atomic mass is 10.1. The van der Waals surface area contributed by atoms with Crippen LogP contribution in [0.15, 0.2) is 30.3 Å². The minimum atomic E-state index is 0.508. The van der Waals surface area contributed by atoms with Gasteiger partial charge in [-0.1, -0.05) is 30.3 Å². The molecule has 2 heteroatoms. The number of nitrogens with two attached hydrogens (primary N) is 1. The lowest BCUT2D eigenvalue weighted by Gasteiger charge is -2.13. The van der Waals surface area contributed by atoms with Gasteiger partial charge in [0.2, 0.25) is 0 Å². The quantitative estimate of drug-likeness (QED) is 0.797. The molecular formula is C15H24NO+. The average molecular weight is 234 g/mol. The highest BCUT2D eigenvalue weighted by Crippen LogP contribution is 2.09. The van der Waals surface area contributed by atoms with Gasteiger partial charge < -0.3 is 10.1 Å². The Kier molecular flexibility index (Phi) is 5.02. The highest BCUT2D eigenvalue weighted by atomic mass is 16.5. The monoisotopic (exact) mass is 234 g/mol. The number of benzene rings is 1. The summed E-state index contributed by atoms with van der Waals surface area (Å²) in [6.45, 7) is 4.42. The van der Waals surface area contributed by atoms with Crippen LogP contribution in [0.5, 0.6) is 0 Å². The molecular weight excluding hydrogens is 210 g/mol. The topological polar surface area (TPSA) is 25.8 Å². The first-order chi connectivity index (χ1) is 8.34. The largest absolute Gasteiger partial charge is 0.372 e. The molecule has 0 aliphatic carbocycles. The van der Waals surface area contributed by atoms with E-state index in [1.54, 1.807) is 0 Å². The van der Waals surface area contributed by atoms with Crippen molar-refractivity contribution in [3.63, 3.8) is 0 Å². The van der Waals surface area contributed by atoms with Crippen LogP contribution in [-0.2, 0) is 11.2 Å². The molecule has 2 nitrogen and oxygen atoms in total. The van der Waals surface area contributed by atoms with Crippen LogP contribution in [0.3, 0.4) is 0 Å². The van der Waals surface area contributed by atoms with Crippen LogP contribution in [0.2, 0.25) is 0 Å². The van der Waals surface area contributed by atoms with E-state index in [0.717, 1.165) is 13.2 Å². The lowest BCUT2D eigenvalue weighted by Crippen LogP contribution is -2.91. The highest BCUT2D eigenvalue weighted by Gasteiger charge is 2.18. The first-order valence-corrected chi connectivity index (χ1v) is 6.83. The van der Waals surface area contributed by atoms with Crippen molar-refractivity contribution in [2.75, 3.05) is 13.2 Å². The van der Waals surface area contributed by atoms with Crippen molar-refractivity contribution in [1.82, 2.24) is 0 Å². The number of hydrogen-bond donors (Lipinski definition) is 1. The molecule has 0 aromatic heterocycles. The molecule has 0 saturated carbocycles. The summed E-state index contributed by atoms with van der Waals surface area (Å²) >= 11 is 0. The zero-order valence-electron chi connectivity index (χ0n) is 10.8. The van der Waals surface area contributed by atoms with Crippen LogP contribution in [0, 0.1) is 0 Å². The van der Waals surface area contributed by atoms with E-state index < -0.39 is 0 Å². The molecule has 0 bridgehead atoms. The minimum absolute atomic E-state index is 0.508. The molecule has 1 aromatic carbocycles. The predicted molar refractivity (Wildman–Crippen MR) is 70.0 cm³/mol. The van der Waals surface area contributed by atoms with E-state index in [9.17, 15) is 0 Å². The normalized spacial score (nSPS) is 21.6. The zero-order valence-corrected chi connectivity index (χ0v) is 10.8. The first-order valence-electron chi connectivity index (χ1n) is 6.83. The van der Waals surface area contributed by atoms with Crippen molar-refractivity contribution < 1.29 is 10.1 Å². The molecule has 0 unspecified atom stereocenters. The molecule has 94 valence electrons. The van der Waals surface area contributed by atoms with Gasteiger partial charge in [-0.25, -0.2) is 0 Å². The molecule has 0 radical (unpaired) electrons. The SMILES string of the molecule is C[C@H](CCc1ccccc1)[NH2+]C[C@@H]1CCCO1. The second-order valence-electron chi connectivity index (χ2n) is 5.11. The standard InChI is InChI=1S/C15H23NO/c1-13(16-12-15-8-5-11-17-15)9-10-14-6-3-2-4-7-14/h2-4,6-7,13,15-16H,5,8-12H2,1H3/p+1/t13-,15+/m1/s1. The van der Waals surface area contributed by atoms with Gasteiger partial charge in [0.05, 0.1) is 6.04 Å². The summed E-state index contributed by atoms with van der Waals surface area (Å²) in [5.41, 5.74) is 1.45. The van der Waals surface area contributed by atoms with Crippen LogP contribution in [0.4, 0.5) is 0 Å². The number of quaternary nitrogens is 1. The molecule has 1 fully saturated rings. The summed E-state index contributed by atoms with van der Waals surface area (Å²) in [7, 11) is 0. The Labute approximate surface area is 104 Å². The molecule has 0 spiro atoms. The van der Waals surface area contributed by atoms with Crippen molar-refractivity contribution in [3.05, 3.63) is 35.9 Å².